The van der Waals surface area contributed by atoms with Crippen molar-refractivity contribution in [1.29, 1.82) is 0 Å². The lowest BCUT2D eigenvalue weighted by Crippen LogP contribution is -2.63. The van der Waals surface area contributed by atoms with E-state index in [4.69, 9.17) is 0 Å². The third kappa shape index (κ3) is 3.36. The first-order valence-electron chi connectivity index (χ1n) is 7.18. The lowest BCUT2D eigenvalue weighted by molar-refractivity contribution is 0.0268. The molecule has 0 aliphatic carbocycles. The molecule has 3 nitrogen and oxygen atoms in total. The summed E-state index contributed by atoms with van der Waals surface area (Å²) in [7, 11) is 0. The summed E-state index contributed by atoms with van der Waals surface area (Å²) in [6.07, 6.45) is 4.25. The molecule has 1 atom stereocenters. The molecule has 0 saturated carbocycles. The molecule has 0 spiro atoms. The van der Waals surface area contributed by atoms with Crippen LogP contribution in [-0.4, -0.2) is 34.6 Å². The number of aromatic nitrogens is 1. The van der Waals surface area contributed by atoms with Crippen molar-refractivity contribution in [2.75, 3.05) is 13.1 Å². The van der Waals surface area contributed by atoms with Crippen molar-refractivity contribution < 1.29 is 0 Å². The summed E-state index contributed by atoms with van der Waals surface area (Å²) >= 11 is 3.44. The smallest absolute Gasteiger partial charge is 0.0545 e. The van der Waals surface area contributed by atoms with Crippen LogP contribution in [0.1, 0.15) is 39.3 Å². The van der Waals surface area contributed by atoms with Gasteiger partial charge in [0.15, 0.2) is 0 Å². The first kappa shape index (κ1) is 14.9. The first-order chi connectivity index (χ1) is 9.09. The van der Waals surface area contributed by atoms with Crippen LogP contribution < -0.4 is 5.32 Å². The van der Waals surface area contributed by atoms with Crippen LogP contribution in [0.5, 0.6) is 0 Å². The fourth-order valence-corrected chi connectivity index (χ4v) is 3.17. The highest BCUT2D eigenvalue weighted by Gasteiger charge is 2.37. The average Bonchev–Trinajstić information content (AvgIpc) is 2.42. The molecular weight excluding hydrogens is 302 g/mol. The Balaban J connectivity index is 2.16. The SMILES string of the molecule is CCC1(CC)CNC(C)CN1Cc1ccc(Br)cn1. The minimum atomic E-state index is 0.279. The van der Waals surface area contributed by atoms with Gasteiger partial charge < -0.3 is 5.32 Å². The number of rotatable bonds is 4. The van der Waals surface area contributed by atoms with Gasteiger partial charge in [-0.3, -0.25) is 9.88 Å². The van der Waals surface area contributed by atoms with Gasteiger partial charge in [0.2, 0.25) is 0 Å². The van der Waals surface area contributed by atoms with Gasteiger partial charge in [0.1, 0.15) is 0 Å². The van der Waals surface area contributed by atoms with Crippen molar-refractivity contribution in [3.8, 4) is 0 Å². The van der Waals surface area contributed by atoms with Crippen molar-refractivity contribution in [3.05, 3.63) is 28.5 Å². The zero-order chi connectivity index (χ0) is 13.9. The van der Waals surface area contributed by atoms with E-state index < -0.39 is 0 Å². The third-order valence-electron chi connectivity index (χ3n) is 4.40. The minimum absolute atomic E-state index is 0.279. The van der Waals surface area contributed by atoms with E-state index >= 15 is 0 Å². The van der Waals surface area contributed by atoms with E-state index in [9.17, 15) is 0 Å². The van der Waals surface area contributed by atoms with Crippen molar-refractivity contribution in [1.82, 2.24) is 15.2 Å². The number of hydrogen-bond donors (Lipinski definition) is 1. The fraction of sp³-hybridized carbons (Fsp3) is 0.667. The molecule has 0 bridgehead atoms. The van der Waals surface area contributed by atoms with Gasteiger partial charge in [-0.15, -0.1) is 0 Å². The van der Waals surface area contributed by atoms with E-state index in [0.29, 0.717) is 6.04 Å². The third-order valence-corrected chi connectivity index (χ3v) is 4.87. The Morgan fingerprint density at radius 3 is 2.74 bits per heavy atom. The maximum atomic E-state index is 4.52. The summed E-state index contributed by atoms with van der Waals surface area (Å²) in [5.74, 6) is 0. The van der Waals surface area contributed by atoms with Crippen molar-refractivity contribution in [3.63, 3.8) is 0 Å². The highest BCUT2D eigenvalue weighted by atomic mass is 79.9. The molecule has 1 N–H and O–H groups in total. The van der Waals surface area contributed by atoms with Crippen LogP contribution in [0.2, 0.25) is 0 Å². The molecule has 0 aromatic carbocycles. The molecule has 2 heterocycles. The lowest BCUT2D eigenvalue weighted by Gasteiger charge is -2.49. The van der Waals surface area contributed by atoms with Crippen LogP contribution in [0.3, 0.4) is 0 Å². The second-order valence-electron chi connectivity index (χ2n) is 5.56. The maximum Gasteiger partial charge on any atom is 0.0545 e. The number of halogens is 1. The van der Waals surface area contributed by atoms with Gasteiger partial charge in [0.25, 0.3) is 0 Å². The van der Waals surface area contributed by atoms with E-state index in [-0.39, 0.29) is 5.54 Å². The largest absolute Gasteiger partial charge is 0.311 e. The summed E-state index contributed by atoms with van der Waals surface area (Å²) in [6, 6.07) is 4.75. The molecule has 1 saturated heterocycles. The second kappa shape index (κ2) is 6.33. The van der Waals surface area contributed by atoms with Crippen LogP contribution in [0.4, 0.5) is 0 Å². The Bertz CT molecular complexity index is 400. The fourth-order valence-electron chi connectivity index (χ4n) is 2.94. The van der Waals surface area contributed by atoms with Gasteiger partial charge in [0.05, 0.1) is 5.69 Å². The Morgan fingerprint density at radius 1 is 1.42 bits per heavy atom. The molecule has 0 amide bonds. The average molecular weight is 326 g/mol. The number of piperazine rings is 1. The molecule has 106 valence electrons. The Labute approximate surface area is 124 Å². The number of nitrogens with zero attached hydrogens (tertiary/aromatic N) is 2. The van der Waals surface area contributed by atoms with Gasteiger partial charge >= 0.3 is 0 Å². The van der Waals surface area contributed by atoms with Crippen LogP contribution in [0, 0.1) is 0 Å². The minimum Gasteiger partial charge on any atom is -0.311 e. The molecule has 4 heteroatoms. The van der Waals surface area contributed by atoms with Crippen molar-refractivity contribution in [2.24, 2.45) is 0 Å². The zero-order valence-corrected chi connectivity index (χ0v) is 13.7. The molecule has 1 aromatic rings. The highest BCUT2D eigenvalue weighted by Crippen LogP contribution is 2.28. The first-order valence-corrected chi connectivity index (χ1v) is 7.98. The van der Waals surface area contributed by atoms with Gasteiger partial charge in [-0.1, -0.05) is 13.8 Å². The zero-order valence-electron chi connectivity index (χ0n) is 12.1. The molecule has 2 rings (SSSR count). The highest BCUT2D eigenvalue weighted by molar-refractivity contribution is 9.10. The molecule has 1 aliphatic heterocycles. The van der Waals surface area contributed by atoms with Crippen LogP contribution in [0.25, 0.3) is 0 Å². The molecular formula is C15H24BrN3. The summed E-state index contributed by atoms with van der Waals surface area (Å²) < 4.78 is 1.04. The standard InChI is InChI=1S/C15H24BrN3/c1-4-15(5-2)11-18-12(3)9-19(15)10-14-7-6-13(16)8-17-14/h6-8,12,18H,4-5,9-11H2,1-3H3. The van der Waals surface area contributed by atoms with Gasteiger partial charge in [-0.2, -0.15) is 0 Å². The monoisotopic (exact) mass is 325 g/mol. The molecule has 1 fully saturated rings. The molecule has 0 radical (unpaired) electrons. The molecule has 1 aliphatic rings. The topological polar surface area (TPSA) is 28.2 Å². The van der Waals surface area contributed by atoms with Crippen molar-refractivity contribution >= 4 is 15.9 Å². The molecule has 1 aromatic heterocycles. The molecule has 1 unspecified atom stereocenters. The quantitative estimate of drug-likeness (QED) is 0.921. The van der Waals surface area contributed by atoms with Crippen molar-refractivity contribution in [2.45, 2.75) is 51.7 Å². The van der Waals surface area contributed by atoms with E-state index in [1.807, 2.05) is 6.20 Å². The van der Waals surface area contributed by atoms with Crippen LogP contribution in [-0.2, 0) is 6.54 Å². The molecule has 19 heavy (non-hydrogen) atoms. The van der Waals surface area contributed by atoms with Gasteiger partial charge in [-0.05, 0) is 47.8 Å². The lowest BCUT2D eigenvalue weighted by atomic mass is 9.87. The summed E-state index contributed by atoms with van der Waals surface area (Å²) in [4.78, 5) is 7.14. The summed E-state index contributed by atoms with van der Waals surface area (Å²) in [5, 5.41) is 3.63. The number of nitrogens with one attached hydrogen (secondary N) is 1. The van der Waals surface area contributed by atoms with Crippen LogP contribution in [0.15, 0.2) is 22.8 Å². The second-order valence-corrected chi connectivity index (χ2v) is 6.48. The van der Waals surface area contributed by atoms with E-state index in [1.165, 1.54) is 12.8 Å². The Hall–Kier alpha value is -0.450. The van der Waals surface area contributed by atoms with E-state index in [1.54, 1.807) is 0 Å². The summed E-state index contributed by atoms with van der Waals surface area (Å²) in [6.45, 7) is 9.97. The van der Waals surface area contributed by atoms with E-state index in [0.717, 1.165) is 29.8 Å². The van der Waals surface area contributed by atoms with E-state index in [2.05, 4.69) is 64.0 Å². The maximum absolute atomic E-state index is 4.52. The summed E-state index contributed by atoms with van der Waals surface area (Å²) in [5.41, 5.74) is 1.44. The predicted molar refractivity (Wildman–Crippen MR) is 83.1 cm³/mol. The predicted octanol–water partition coefficient (Wildman–Crippen LogP) is 3.20. The number of pyridine rings is 1. The normalized spacial score (nSPS) is 23.5. The number of hydrogen-bond acceptors (Lipinski definition) is 3. The Kier molecular flexibility index (Phi) is 4.98. The van der Waals surface area contributed by atoms with Gasteiger partial charge in [0, 0.05) is 41.9 Å². The van der Waals surface area contributed by atoms with Crippen LogP contribution >= 0.6 is 15.9 Å². The Morgan fingerprint density at radius 2 is 2.16 bits per heavy atom. The van der Waals surface area contributed by atoms with Gasteiger partial charge in [-0.25, -0.2) is 0 Å².